The second kappa shape index (κ2) is 3.30. The van der Waals surface area contributed by atoms with Gasteiger partial charge < -0.3 is 15.2 Å². The van der Waals surface area contributed by atoms with Crippen molar-refractivity contribution in [3.05, 3.63) is 34.9 Å². The van der Waals surface area contributed by atoms with Gasteiger partial charge in [0.1, 0.15) is 0 Å². The van der Waals surface area contributed by atoms with Crippen molar-refractivity contribution in [2.45, 2.75) is 12.0 Å². The molecule has 3 rings (SSSR count). The van der Waals surface area contributed by atoms with Crippen LogP contribution in [0.3, 0.4) is 0 Å². The number of hydrogen-bond donors (Lipinski definition) is 1. The summed E-state index contributed by atoms with van der Waals surface area (Å²) < 4.78 is 10.8. The molecule has 0 atom stereocenters. The van der Waals surface area contributed by atoms with Crippen LogP contribution in [0.4, 0.5) is 0 Å². The van der Waals surface area contributed by atoms with E-state index in [9.17, 15) is 4.79 Å². The molecule has 1 spiro atoms. The van der Waals surface area contributed by atoms with Gasteiger partial charge in [0, 0.05) is 5.56 Å². The molecular formula is C12H13NO3. The number of fused-ring (bicyclic) bond motifs is 2. The molecule has 1 saturated heterocycles. The largest absolute Gasteiger partial charge is 0.379 e. The zero-order chi connectivity index (χ0) is 11.2. The van der Waals surface area contributed by atoms with Crippen molar-refractivity contribution in [2.24, 2.45) is 5.73 Å². The minimum absolute atomic E-state index is 0.0426. The molecule has 0 unspecified atom stereocenters. The summed E-state index contributed by atoms with van der Waals surface area (Å²) in [6.07, 6.45) is 0. The lowest BCUT2D eigenvalue weighted by molar-refractivity contribution is -0.111. The van der Waals surface area contributed by atoms with Crippen LogP contribution in [0.15, 0.2) is 18.2 Å². The normalized spacial score (nSPS) is 21.2. The molecule has 84 valence electrons. The maximum atomic E-state index is 11.2. The molecule has 0 radical (unpaired) electrons. The van der Waals surface area contributed by atoms with Crippen molar-refractivity contribution < 1.29 is 14.3 Å². The summed E-state index contributed by atoms with van der Waals surface area (Å²) >= 11 is 0. The van der Waals surface area contributed by atoms with Crippen LogP contribution in [0.5, 0.6) is 0 Å². The van der Waals surface area contributed by atoms with Gasteiger partial charge in [0.2, 0.25) is 5.91 Å². The molecule has 4 nitrogen and oxygen atoms in total. The van der Waals surface area contributed by atoms with E-state index in [4.69, 9.17) is 15.2 Å². The van der Waals surface area contributed by atoms with Crippen LogP contribution in [-0.4, -0.2) is 25.7 Å². The molecule has 2 N–H and O–H groups in total. The number of benzene rings is 1. The summed E-state index contributed by atoms with van der Waals surface area (Å²) in [5, 5.41) is 0. The monoisotopic (exact) mass is 219 g/mol. The smallest absolute Gasteiger partial charge is 0.248 e. The van der Waals surface area contributed by atoms with Gasteiger partial charge >= 0.3 is 0 Å². The molecular weight excluding hydrogens is 206 g/mol. The Morgan fingerprint density at radius 1 is 1.25 bits per heavy atom. The second-order valence-electron chi connectivity index (χ2n) is 4.50. The summed E-state index contributed by atoms with van der Waals surface area (Å²) in [5.41, 5.74) is 8.12. The Labute approximate surface area is 93.3 Å². The fraction of sp³-hybridized carbons (Fsp3) is 0.417. The minimum atomic E-state index is -0.385. The number of carbonyl (C=O) groups is 1. The van der Waals surface area contributed by atoms with Gasteiger partial charge in [-0.1, -0.05) is 6.07 Å². The van der Waals surface area contributed by atoms with Crippen molar-refractivity contribution >= 4 is 5.91 Å². The average molecular weight is 219 g/mol. The molecule has 16 heavy (non-hydrogen) atoms. The summed E-state index contributed by atoms with van der Waals surface area (Å²) in [5.74, 6) is -0.385. The van der Waals surface area contributed by atoms with Crippen molar-refractivity contribution in [2.75, 3.05) is 19.8 Å². The Hall–Kier alpha value is -1.39. The third kappa shape index (κ3) is 1.27. The summed E-state index contributed by atoms with van der Waals surface area (Å²) in [6, 6.07) is 5.57. The SMILES string of the molecule is NC(=O)c1ccc2c(c1)C1(COC2)COC1. The molecule has 0 aliphatic carbocycles. The Bertz CT molecular complexity index is 452. The van der Waals surface area contributed by atoms with E-state index in [1.807, 2.05) is 12.1 Å². The van der Waals surface area contributed by atoms with E-state index in [1.54, 1.807) is 6.07 Å². The zero-order valence-electron chi connectivity index (χ0n) is 8.86. The lowest BCUT2D eigenvalue weighted by Gasteiger charge is -2.45. The molecule has 0 bridgehead atoms. The molecule has 2 aliphatic rings. The molecule has 1 amide bonds. The molecule has 0 aromatic heterocycles. The van der Waals surface area contributed by atoms with E-state index in [-0.39, 0.29) is 11.3 Å². The van der Waals surface area contributed by atoms with E-state index in [2.05, 4.69) is 0 Å². The van der Waals surface area contributed by atoms with E-state index < -0.39 is 0 Å². The van der Waals surface area contributed by atoms with Crippen molar-refractivity contribution in [3.63, 3.8) is 0 Å². The zero-order valence-corrected chi connectivity index (χ0v) is 8.86. The Morgan fingerprint density at radius 2 is 2.00 bits per heavy atom. The molecule has 0 saturated carbocycles. The average Bonchev–Trinajstić information content (AvgIpc) is 2.25. The van der Waals surface area contributed by atoms with Gasteiger partial charge in [-0.05, 0) is 23.3 Å². The number of rotatable bonds is 1. The number of hydrogen-bond acceptors (Lipinski definition) is 3. The number of ether oxygens (including phenoxy) is 2. The van der Waals surface area contributed by atoms with Gasteiger partial charge in [0.15, 0.2) is 0 Å². The highest BCUT2D eigenvalue weighted by molar-refractivity contribution is 5.93. The number of amides is 1. The van der Waals surface area contributed by atoms with E-state index in [0.717, 1.165) is 5.56 Å². The Morgan fingerprint density at radius 3 is 2.62 bits per heavy atom. The molecule has 1 aromatic rings. The van der Waals surface area contributed by atoms with Gasteiger partial charge in [-0.15, -0.1) is 0 Å². The summed E-state index contributed by atoms with van der Waals surface area (Å²) in [6.45, 7) is 2.61. The lowest BCUT2D eigenvalue weighted by Crippen LogP contribution is -2.52. The standard InChI is InChI=1S/C12H13NO3/c13-11(14)8-1-2-9-4-15-5-12(6-16-7-12)10(9)3-8/h1-3H,4-7H2,(H2,13,14). The summed E-state index contributed by atoms with van der Waals surface area (Å²) in [4.78, 5) is 11.2. The Balaban J connectivity index is 2.10. The van der Waals surface area contributed by atoms with Gasteiger partial charge in [-0.2, -0.15) is 0 Å². The van der Waals surface area contributed by atoms with Crippen LogP contribution < -0.4 is 5.73 Å². The van der Waals surface area contributed by atoms with Crippen LogP contribution in [0, 0.1) is 0 Å². The highest BCUT2D eigenvalue weighted by Gasteiger charge is 2.44. The third-order valence-electron chi connectivity index (χ3n) is 3.36. The minimum Gasteiger partial charge on any atom is -0.379 e. The van der Waals surface area contributed by atoms with E-state index in [0.29, 0.717) is 32.0 Å². The molecule has 4 heteroatoms. The highest BCUT2D eigenvalue weighted by Crippen LogP contribution is 2.38. The highest BCUT2D eigenvalue weighted by atomic mass is 16.5. The molecule has 2 aliphatic heterocycles. The second-order valence-corrected chi connectivity index (χ2v) is 4.50. The maximum absolute atomic E-state index is 11.2. The van der Waals surface area contributed by atoms with Crippen LogP contribution in [0.2, 0.25) is 0 Å². The van der Waals surface area contributed by atoms with Gasteiger partial charge in [-0.3, -0.25) is 4.79 Å². The predicted molar refractivity (Wildman–Crippen MR) is 57.1 cm³/mol. The van der Waals surface area contributed by atoms with E-state index >= 15 is 0 Å². The Kier molecular flexibility index (Phi) is 2.02. The molecule has 1 aromatic carbocycles. The third-order valence-corrected chi connectivity index (χ3v) is 3.36. The van der Waals surface area contributed by atoms with Crippen LogP contribution in [-0.2, 0) is 21.5 Å². The maximum Gasteiger partial charge on any atom is 0.248 e. The van der Waals surface area contributed by atoms with Crippen molar-refractivity contribution in [3.8, 4) is 0 Å². The van der Waals surface area contributed by atoms with Gasteiger partial charge in [0.05, 0.1) is 31.8 Å². The quantitative estimate of drug-likeness (QED) is 0.751. The van der Waals surface area contributed by atoms with Crippen LogP contribution in [0.25, 0.3) is 0 Å². The van der Waals surface area contributed by atoms with Gasteiger partial charge in [-0.25, -0.2) is 0 Å². The first-order valence-corrected chi connectivity index (χ1v) is 5.30. The first-order valence-electron chi connectivity index (χ1n) is 5.30. The van der Waals surface area contributed by atoms with E-state index in [1.165, 1.54) is 5.56 Å². The van der Waals surface area contributed by atoms with Crippen molar-refractivity contribution in [1.29, 1.82) is 0 Å². The lowest BCUT2D eigenvalue weighted by atomic mass is 9.75. The number of carbonyl (C=O) groups excluding carboxylic acids is 1. The topological polar surface area (TPSA) is 61.6 Å². The predicted octanol–water partition coefficient (Wildman–Crippen LogP) is 0.584. The number of nitrogens with two attached hydrogens (primary N) is 1. The van der Waals surface area contributed by atoms with Crippen molar-refractivity contribution in [1.82, 2.24) is 0 Å². The molecule has 1 fully saturated rings. The summed E-state index contributed by atoms with van der Waals surface area (Å²) in [7, 11) is 0. The van der Waals surface area contributed by atoms with Crippen LogP contribution in [0.1, 0.15) is 21.5 Å². The van der Waals surface area contributed by atoms with Crippen LogP contribution >= 0.6 is 0 Å². The number of primary amides is 1. The first kappa shape index (κ1) is 9.81. The fourth-order valence-electron chi connectivity index (χ4n) is 2.37. The first-order chi connectivity index (χ1) is 7.71. The molecule has 2 heterocycles. The van der Waals surface area contributed by atoms with Gasteiger partial charge in [0.25, 0.3) is 0 Å². The fourth-order valence-corrected chi connectivity index (χ4v) is 2.37.